The van der Waals surface area contributed by atoms with Gasteiger partial charge in [0.15, 0.2) is 0 Å². The third-order valence-electron chi connectivity index (χ3n) is 2.95. The molecule has 1 aromatic rings. The predicted octanol–water partition coefficient (Wildman–Crippen LogP) is 1.75. The van der Waals surface area contributed by atoms with E-state index in [1.54, 1.807) is 14.2 Å². The van der Waals surface area contributed by atoms with E-state index in [-0.39, 0.29) is 12.2 Å². The summed E-state index contributed by atoms with van der Waals surface area (Å²) < 4.78 is 16.5. The van der Waals surface area contributed by atoms with Crippen molar-refractivity contribution in [1.82, 2.24) is 5.32 Å². The lowest BCUT2D eigenvalue weighted by Crippen LogP contribution is -2.39. The molecule has 1 N–H and O–H groups in total. The van der Waals surface area contributed by atoms with E-state index >= 15 is 0 Å². The minimum absolute atomic E-state index is 0.0413. The number of nitrogens with one attached hydrogen (secondary N) is 1. The Kier molecular flexibility index (Phi) is 3.86. The maximum absolute atomic E-state index is 5.91. The van der Waals surface area contributed by atoms with E-state index in [0.29, 0.717) is 0 Å². The number of morpholine rings is 1. The van der Waals surface area contributed by atoms with Crippen LogP contribution in [0.15, 0.2) is 18.2 Å². The van der Waals surface area contributed by atoms with E-state index in [1.165, 1.54) is 0 Å². The van der Waals surface area contributed by atoms with Gasteiger partial charge in [0.25, 0.3) is 0 Å². The van der Waals surface area contributed by atoms with Gasteiger partial charge in [-0.2, -0.15) is 0 Å². The van der Waals surface area contributed by atoms with Crippen LogP contribution in [0.4, 0.5) is 0 Å². The van der Waals surface area contributed by atoms with Crippen LogP contribution in [0.1, 0.15) is 18.6 Å². The molecule has 1 heterocycles. The first-order valence-corrected chi connectivity index (χ1v) is 5.82. The monoisotopic (exact) mass is 237 g/mol. The third-order valence-corrected chi connectivity index (χ3v) is 2.95. The molecule has 0 amide bonds. The summed E-state index contributed by atoms with van der Waals surface area (Å²) in [6, 6.07) is 5.82. The maximum atomic E-state index is 5.91. The molecule has 4 heteroatoms. The number of methoxy groups -OCH3 is 2. The van der Waals surface area contributed by atoms with Crippen molar-refractivity contribution in [3.8, 4) is 11.5 Å². The van der Waals surface area contributed by atoms with Crippen LogP contribution < -0.4 is 14.8 Å². The predicted molar refractivity (Wildman–Crippen MR) is 65.7 cm³/mol. The number of ether oxygens (including phenoxy) is 3. The highest BCUT2D eigenvalue weighted by atomic mass is 16.5. The third kappa shape index (κ3) is 2.70. The minimum Gasteiger partial charge on any atom is -0.497 e. The van der Waals surface area contributed by atoms with E-state index in [9.17, 15) is 0 Å². The molecule has 0 bridgehead atoms. The average Bonchev–Trinajstić information content (AvgIpc) is 2.38. The lowest BCUT2D eigenvalue weighted by molar-refractivity contribution is -0.0296. The second kappa shape index (κ2) is 5.38. The molecule has 1 aliphatic rings. The number of hydrogen-bond donors (Lipinski definition) is 1. The van der Waals surface area contributed by atoms with E-state index < -0.39 is 0 Å². The van der Waals surface area contributed by atoms with E-state index in [1.807, 2.05) is 18.2 Å². The Morgan fingerprint density at radius 1 is 1.24 bits per heavy atom. The van der Waals surface area contributed by atoms with Crippen LogP contribution in [-0.2, 0) is 4.74 Å². The van der Waals surface area contributed by atoms with Gasteiger partial charge in [0, 0.05) is 24.7 Å². The minimum atomic E-state index is 0.0413. The van der Waals surface area contributed by atoms with Crippen LogP contribution in [0.3, 0.4) is 0 Å². The van der Waals surface area contributed by atoms with Gasteiger partial charge in [0.1, 0.15) is 11.5 Å². The largest absolute Gasteiger partial charge is 0.497 e. The Morgan fingerprint density at radius 2 is 2.06 bits per heavy atom. The molecule has 1 saturated heterocycles. The summed E-state index contributed by atoms with van der Waals surface area (Å²) in [6.45, 7) is 3.77. The van der Waals surface area contributed by atoms with Crippen molar-refractivity contribution < 1.29 is 14.2 Å². The van der Waals surface area contributed by atoms with Gasteiger partial charge >= 0.3 is 0 Å². The maximum Gasteiger partial charge on any atom is 0.128 e. The van der Waals surface area contributed by atoms with Gasteiger partial charge in [-0.25, -0.2) is 0 Å². The molecule has 0 aromatic heterocycles. The molecule has 2 rings (SSSR count). The molecule has 1 aromatic carbocycles. The molecule has 0 radical (unpaired) electrons. The highest BCUT2D eigenvalue weighted by Gasteiger charge is 2.23. The Morgan fingerprint density at radius 3 is 2.71 bits per heavy atom. The number of rotatable bonds is 3. The molecule has 2 unspecified atom stereocenters. The molecule has 17 heavy (non-hydrogen) atoms. The zero-order chi connectivity index (χ0) is 12.3. The molecule has 0 spiro atoms. The molecule has 4 nitrogen and oxygen atoms in total. The van der Waals surface area contributed by atoms with Gasteiger partial charge in [-0.1, -0.05) is 0 Å². The fraction of sp³-hybridized carbons (Fsp3) is 0.538. The Hall–Kier alpha value is -1.26. The fourth-order valence-corrected chi connectivity index (χ4v) is 2.06. The average molecular weight is 237 g/mol. The summed E-state index contributed by atoms with van der Waals surface area (Å²) in [5.74, 6) is 1.60. The number of hydrogen-bond acceptors (Lipinski definition) is 4. The molecule has 0 aliphatic carbocycles. The first-order chi connectivity index (χ1) is 8.24. The van der Waals surface area contributed by atoms with E-state index in [2.05, 4.69) is 12.2 Å². The SMILES string of the molecule is COc1ccc(C2CNCC(C)O2)c(OC)c1. The Balaban J connectivity index is 2.24. The fourth-order valence-electron chi connectivity index (χ4n) is 2.06. The molecular weight excluding hydrogens is 218 g/mol. The van der Waals surface area contributed by atoms with Crippen LogP contribution in [0, 0.1) is 0 Å². The van der Waals surface area contributed by atoms with Gasteiger partial charge < -0.3 is 19.5 Å². The van der Waals surface area contributed by atoms with Crippen LogP contribution >= 0.6 is 0 Å². The Bertz CT molecular complexity index is 381. The lowest BCUT2D eigenvalue weighted by atomic mass is 10.1. The summed E-state index contributed by atoms with van der Waals surface area (Å²) in [4.78, 5) is 0. The molecule has 1 aliphatic heterocycles. The quantitative estimate of drug-likeness (QED) is 0.869. The highest BCUT2D eigenvalue weighted by Crippen LogP contribution is 2.32. The highest BCUT2D eigenvalue weighted by molar-refractivity contribution is 5.42. The van der Waals surface area contributed by atoms with Crippen molar-refractivity contribution in [2.24, 2.45) is 0 Å². The number of benzene rings is 1. The topological polar surface area (TPSA) is 39.7 Å². The summed E-state index contributed by atoms with van der Waals surface area (Å²) in [5.41, 5.74) is 1.06. The Labute approximate surface area is 102 Å². The van der Waals surface area contributed by atoms with E-state index in [0.717, 1.165) is 30.2 Å². The van der Waals surface area contributed by atoms with E-state index in [4.69, 9.17) is 14.2 Å². The van der Waals surface area contributed by atoms with Crippen molar-refractivity contribution >= 4 is 0 Å². The molecule has 2 atom stereocenters. The van der Waals surface area contributed by atoms with Crippen LogP contribution in [0.25, 0.3) is 0 Å². The van der Waals surface area contributed by atoms with Gasteiger partial charge in [0.2, 0.25) is 0 Å². The molecule has 0 saturated carbocycles. The molecule has 94 valence electrons. The second-order valence-corrected chi connectivity index (χ2v) is 4.20. The first-order valence-electron chi connectivity index (χ1n) is 5.82. The summed E-state index contributed by atoms with van der Waals surface area (Å²) >= 11 is 0. The molecule has 1 fully saturated rings. The second-order valence-electron chi connectivity index (χ2n) is 4.20. The summed E-state index contributed by atoms with van der Waals surface area (Å²) in [5, 5.41) is 3.35. The van der Waals surface area contributed by atoms with Crippen LogP contribution in [0.5, 0.6) is 11.5 Å². The summed E-state index contributed by atoms with van der Waals surface area (Å²) in [6.07, 6.45) is 0.264. The zero-order valence-corrected chi connectivity index (χ0v) is 10.5. The van der Waals surface area contributed by atoms with Gasteiger partial charge in [-0.05, 0) is 19.1 Å². The normalized spacial score (nSPS) is 24.4. The smallest absolute Gasteiger partial charge is 0.128 e. The van der Waals surface area contributed by atoms with Gasteiger partial charge in [-0.15, -0.1) is 0 Å². The first kappa shape index (κ1) is 12.2. The van der Waals surface area contributed by atoms with Gasteiger partial charge in [0.05, 0.1) is 26.4 Å². The van der Waals surface area contributed by atoms with Crippen LogP contribution in [0.2, 0.25) is 0 Å². The van der Waals surface area contributed by atoms with Gasteiger partial charge in [-0.3, -0.25) is 0 Å². The van der Waals surface area contributed by atoms with Crippen molar-refractivity contribution in [2.45, 2.75) is 19.1 Å². The van der Waals surface area contributed by atoms with Crippen molar-refractivity contribution in [3.05, 3.63) is 23.8 Å². The molecular formula is C13H19NO3. The van der Waals surface area contributed by atoms with Crippen molar-refractivity contribution in [2.75, 3.05) is 27.3 Å². The van der Waals surface area contributed by atoms with Crippen LogP contribution in [-0.4, -0.2) is 33.4 Å². The summed E-state index contributed by atoms with van der Waals surface area (Å²) in [7, 11) is 3.31. The van der Waals surface area contributed by atoms with Crippen molar-refractivity contribution in [1.29, 1.82) is 0 Å². The standard InChI is InChI=1S/C13H19NO3/c1-9-7-14-8-13(17-9)11-5-4-10(15-2)6-12(11)16-3/h4-6,9,13-14H,7-8H2,1-3H3. The zero-order valence-electron chi connectivity index (χ0n) is 10.5. The lowest BCUT2D eigenvalue weighted by Gasteiger charge is -2.30. The van der Waals surface area contributed by atoms with Crippen molar-refractivity contribution in [3.63, 3.8) is 0 Å².